The molecule has 96 valence electrons. The number of ketones is 1. The molecule has 0 unspecified atom stereocenters. The number of hydrogen-bond donors (Lipinski definition) is 1. The number of nitrogens with one attached hydrogen (secondary N) is 1. The van der Waals surface area contributed by atoms with Gasteiger partial charge in [-0.15, -0.1) is 0 Å². The number of carbonyl (C=O) groups excluding carboxylic acids is 2. The lowest BCUT2D eigenvalue weighted by Gasteiger charge is -2.29. The smallest absolute Gasteiger partial charge is 0.287 e. The molecule has 0 bridgehead atoms. The molecular weight excluding hydrogens is 226 g/mol. The van der Waals surface area contributed by atoms with E-state index in [1.807, 2.05) is 18.2 Å². The number of carbonyl (C=O) groups is 2. The van der Waals surface area contributed by atoms with Crippen molar-refractivity contribution < 1.29 is 9.59 Å². The fourth-order valence-corrected chi connectivity index (χ4v) is 2.78. The summed E-state index contributed by atoms with van der Waals surface area (Å²) in [4.78, 5) is 22.4. The number of rotatable bonds is 4. The Morgan fingerprint density at radius 3 is 2.33 bits per heavy atom. The molecule has 3 nitrogen and oxygen atoms in total. The van der Waals surface area contributed by atoms with Crippen LogP contribution in [0.1, 0.15) is 38.2 Å². The number of benzene rings is 1. The van der Waals surface area contributed by atoms with E-state index in [-0.39, 0.29) is 5.41 Å². The van der Waals surface area contributed by atoms with Gasteiger partial charge in [-0.1, -0.05) is 43.2 Å². The Kier molecular flexibility index (Phi) is 3.80. The Morgan fingerprint density at radius 2 is 1.78 bits per heavy atom. The summed E-state index contributed by atoms with van der Waals surface area (Å²) in [5, 5.41) is 2.77. The highest BCUT2D eigenvalue weighted by molar-refractivity contribution is 6.35. The third kappa shape index (κ3) is 2.61. The summed E-state index contributed by atoms with van der Waals surface area (Å²) in [6.45, 7) is 1.87. The molecule has 1 fully saturated rings. The fourth-order valence-electron chi connectivity index (χ4n) is 2.78. The molecule has 0 saturated heterocycles. The molecule has 1 aromatic carbocycles. The van der Waals surface area contributed by atoms with Gasteiger partial charge in [0, 0.05) is 18.9 Å². The Bertz CT molecular complexity index is 433. The zero-order valence-corrected chi connectivity index (χ0v) is 10.7. The van der Waals surface area contributed by atoms with Crippen molar-refractivity contribution in [3.05, 3.63) is 35.9 Å². The van der Waals surface area contributed by atoms with Crippen molar-refractivity contribution in [1.29, 1.82) is 0 Å². The minimum Gasteiger partial charge on any atom is -0.349 e. The summed E-state index contributed by atoms with van der Waals surface area (Å²) in [6.07, 6.45) is 4.53. The highest BCUT2D eigenvalue weighted by atomic mass is 16.2. The van der Waals surface area contributed by atoms with Gasteiger partial charge in [-0.2, -0.15) is 0 Å². The topological polar surface area (TPSA) is 46.2 Å². The van der Waals surface area contributed by atoms with Crippen LogP contribution in [0.3, 0.4) is 0 Å². The van der Waals surface area contributed by atoms with Gasteiger partial charge in [0.2, 0.25) is 5.78 Å². The molecular formula is C15H19NO2. The summed E-state index contributed by atoms with van der Waals surface area (Å²) in [6, 6.07) is 10.3. The monoisotopic (exact) mass is 245 g/mol. The Labute approximate surface area is 108 Å². The summed E-state index contributed by atoms with van der Waals surface area (Å²) in [5.41, 5.74) is 1.29. The van der Waals surface area contributed by atoms with Crippen LogP contribution in [0.2, 0.25) is 0 Å². The summed E-state index contributed by atoms with van der Waals surface area (Å²) in [5.74, 6) is -0.895. The average molecular weight is 245 g/mol. The van der Waals surface area contributed by atoms with Crippen molar-refractivity contribution in [2.45, 2.75) is 38.0 Å². The van der Waals surface area contributed by atoms with Crippen molar-refractivity contribution in [1.82, 2.24) is 5.32 Å². The van der Waals surface area contributed by atoms with Gasteiger partial charge >= 0.3 is 0 Å². The molecule has 2 rings (SSSR count). The maximum absolute atomic E-state index is 11.4. The lowest BCUT2D eigenvalue weighted by molar-refractivity contribution is -0.136. The van der Waals surface area contributed by atoms with Gasteiger partial charge in [0.05, 0.1) is 0 Å². The zero-order valence-electron chi connectivity index (χ0n) is 10.7. The van der Waals surface area contributed by atoms with Gasteiger partial charge in [0.1, 0.15) is 0 Å². The van der Waals surface area contributed by atoms with Gasteiger partial charge in [-0.25, -0.2) is 0 Å². The minimum absolute atomic E-state index is 0.0202. The van der Waals surface area contributed by atoms with E-state index in [0.29, 0.717) is 6.54 Å². The van der Waals surface area contributed by atoms with E-state index in [1.54, 1.807) is 0 Å². The summed E-state index contributed by atoms with van der Waals surface area (Å²) < 4.78 is 0. The van der Waals surface area contributed by atoms with Crippen LogP contribution in [0, 0.1) is 0 Å². The zero-order chi connectivity index (χ0) is 13.0. The van der Waals surface area contributed by atoms with Crippen molar-refractivity contribution >= 4 is 11.7 Å². The Balaban J connectivity index is 2.13. The van der Waals surface area contributed by atoms with Gasteiger partial charge in [-0.05, 0) is 18.4 Å². The van der Waals surface area contributed by atoms with Crippen LogP contribution >= 0.6 is 0 Å². The maximum Gasteiger partial charge on any atom is 0.287 e. The van der Waals surface area contributed by atoms with Crippen LogP contribution < -0.4 is 5.32 Å². The third-order valence-electron chi connectivity index (χ3n) is 3.85. The van der Waals surface area contributed by atoms with Gasteiger partial charge in [0.15, 0.2) is 0 Å². The molecule has 0 heterocycles. The molecule has 1 aromatic rings. The van der Waals surface area contributed by atoms with E-state index < -0.39 is 11.7 Å². The van der Waals surface area contributed by atoms with Crippen molar-refractivity contribution in [2.75, 3.05) is 6.54 Å². The van der Waals surface area contributed by atoms with E-state index in [0.717, 1.165) is 12.8 Å². The van der Waals surface area contributed by atoms with E-state index in [4.69, 9.17) is 0 Å². The SMILES string of the molecule is CC(=O)C(=O)NCC1(c2ccccc2)CCCC1. The van der Waals surface area contributed by atoms with Crippen LogP contribution in [0.15, 0.2) is 30.3 Å². The van der Waals surface area contributed by atoms with Crippen molar-refractivity contribution in [3.63, 3.8) is 0 Å². The van der Waals surface area contributed by atoms with Crippen molar-refractivity contribution in [3.8, 4) is 0 Å². The molecule has 0 aromatic heterocycles. The van der Waals surface area contributed by atoms with Crippen LogP contribution in [0.4, 0.5) is 0 Å². The fraction of sp³-hybridized carbons (Fsp3) is 0.467. The molecule has 1 amide bonds. The lowest BCUT2D eigenvalue weighted by atomic mass is 9.79. The number of hydrogen-bond acceptors (Lipinski definition) is 2. The normalized spacial score (nSPS) is 17.4. The third-order valence-corrected chi connectivity index (χ3v) is 3.85. The molecule has 3 heteroatoms. The standard InChI is InChI=1S/C15H19NO2/c1-12(17)14(18)16-11-15(9-5-6-10-15)13-7-3-2-4-8-13/h2-4,7-8H,5-6,9-11H2,1H3,(H,16,18). The second kappa shape index (κ2) is 5.34. The first-order chi connectivity index (χ1) is 8.64. The van der Waals surface area contributed by atoms with Crippen molar-refractivity contribution in [2.24, 2.45) is 0 Å². The highest BCUT2D eigenvalue weighted by Crippen LogP contribution is 2.40. The van der Waals surface area contributed by atoms with Crippen LogP contribution in [0.5, 0.6) is 0 Å². The van der Waals surface area contributed by atoms with Gasteiger partial charge in [0.25, 0.3) is 5.91 Å². The lowest BCUT2D eigenvalue weighted by Crippen LogP contribution is -2.41. The summed E-state index contributed by atoms with van der Waals surface area (Å²) in [7, 11) is 0. The molecule has 1 N–H and O–H groups in total. The largest absolute Gasteiger partial charge is 0.349 e. The van der Waals surface area contributed by atoms with Crippen LogP contribution in [0.25, 0.3) is 0 Å². The Morgan fingerprint density at radius 1 is 1.17 bits per heavy atom. The van der Waals surface area contributed by atoms with E-state index in [1.165, 1.54) is 25.3 Å². The predicted octanol–water partition coefficient (Wildman–Crippen LogP) is 2.20. The van der Waals surface area contributed by atoms with Gasteiger partial charge in [-0.3, -0.25) is 9.59 Å². The van der Waals surface area contributed by atoms with E-state index in [2.05, 4.69) is 17.4 Å². The molecule has 1 saturated carbocycles. The number of amides is 1. The van der Waals surface area contributed by atoms with Gasteiger partial charge < -0.3 is 5.32 Å². The maximum atomic E-state index is 11.4. The Hall–Kier alpha value is -1.64. The van der Waals surface area contributed by atoms with Crippen LogP contribution in [-0.2, 0) is 15.0 Å². The molecule has 18 heavy (non-hydrogen) atoms. The second-order valence-corrected chi connectivity index (χ2v) is 5.09. The molecule has 0 radical (unpaired) electrons. The highest BCUT2D eigenvalue weighted by Gasteiger charge is 2.35. The molecule has 0 atom stereocenters. The quantitative estimate of drug-likeness (QED) is 0.827. The van der Waals surface area contributed by atoms with E-state index in [9.17, 15) is 9.59 Å². The summed E-state index contributed by atoms with van der Waals surface area (Å²) >= 11 is 0. The molecule has 0 spiro atoms. The molecule has 1 aliphatic carbocycles. The predicted molar refractivity (Wildman–Crippen MR) is 70.3 cm³/mol. The average Bonchev–Trinajstić information content (AvgIpc) is 2.87. The van der Waals surface area contributed by atoms with Crippen LogP contribution in [-0.4, -0.2) is 18.2 Å². The minimum atomic E-state index is -0.475. The molecule has 0 aliphatic heterocycles. The first-order valence-corrected chi connectivity index (χ1v) is 6.48. The second-order valence-electron chi connectivity index (χ2n) is 5.09. The first kappa shape index (κ1) is 12.8. The first-order valence-electron chi connectivity index (χ1n) is 6.48. The van der Waals surface area contributed by atoms with E-state index >= 15 is 0 Å². The number of Topliss-reactive ketones (excluding diaryl/α,β-unsaturated/α-hetero) is 1. The molecule has 1 aliphatic rings.